The third kappa shape index (κ3) is 3.00. The lowest BCUT2D eigenvalue weighted by atomic mass is 9.97. The molecule has 0 atom stereocenters. The van der Waals surface area contributed by atoms with Gasteiger partial charge in [-0.3, -0.25) is 4.79 Å². The lowest BCUT2D eigenvalue weighted by molar-refractivity contribution is 0.101. The number of hydrogen-bond donors (Lipinski definition) is 4. The number of carbonyl (C=O) groups is 1. The number of anilines is 2. The Labute approximate surface area is 107 Å². The molecule has 0 unspecified atom stereocenters. The number of nitrogen functional groups attached to an aromatic ring is 1. The Bertz CT molecular complexity index is 420. The summed E-state index contributed by atoms with van der Waals surface area (Å²) < 4.78 is 0. The predicted octanol–water partition coefficient (Wildman–Crippen LogP) is 1.02. The molecule has 5 nitrogen and oxygen atoms in total. The van der Waals surface area contributed by atoms with Crippen LogP contribution in [0.15, 0.2) is 18.2 Å². The van der Waals surface area contributed by atoms with Gasteiger partial charge in [-0.05, 0) is 31.5 Å². The van der Waals surface area contributed by atoms with Gasteiger partial charge in [0.25, 0.3) is 0 Å². The third-order valence-electron chi connectivity index (χ3n) is 3.12. The van der Waals surface area contributed by atoms with Crippen molar-refractivity contribution in [2.24, 2.45) is 0 Å². The van der Waals surface area contributed by atoms with E-state index in [1.165, 1.54) is 6.92 Å². The second-order valence-corrected chi connectivity index (χ2v) is 4.43. The quantitative estimate of drug-likeness (QED) is 0.448. The Kier molecular flexibility index (Phi) is 4.69. The molecule has 0 heterocycles. The fourth-order valence-electron chi connectivity index (χ4n) is 1.71. The van der Waals surface area contributed by atoms with E-state index in [-0.39, 0.29) is 19.0 Å². The van der Waals surface area contributed by atoms with Crippen LogP contribution in [0.25, 0.3) is 0 Å². The maximum absolute atomic E-state index is 11.3. The van der Waals surface area contributed by atoms with Gasteiger partial charge in [0.1, 0.15) is 0 Å². The molecule has 0 bridgehead atoms. The molecule has 0 amide bonds. The van der Waals surface area contributed by atoms with Gasteiger partial charge in [0.05, 0.1) is 18.8 Å². The van der Waals surface area contributed by atoms with Crippen molar-refractivity contribution in [2.75, 3.05) is 24.3 Å². The molecule has 0 radical (unpaired) electrons. The van der Waals surface area contributed by atoms with E-state index in [0.717, 1.165) is 0 Å². The van der Waals surface area contributed by atoms with Gasteiger partial charge in [0.2, 0.25) is 0 Å². The summed E-state index contributed by atoms with van der Waals surface area (Å²) >= 11 is 0. The molecule has 1 aromatic carbocycles. The molecule has 5 N–H and O–H groups in total. The van der Waals surface area contributed by atoms with Crippen LogP contribution in [-0.2, 0) is 0 Å². The average Bonchev–Trinajstić information content (AvgIpc) is 2.36. The predicted molar refractivity (Wildman–Crippen MR) is 71.7 cm³/mol. The van der Waals surface area contributed by atoms with Gasteiger partial charge in [-0.25, -0.2) is 0 Å². The topological polar surface area (TPSA) is 95.6 Å². The Morgan fingerprint density at radius 3 is 2.39 bits per heavy atom. The van der Waals surface area contributed by atoms with Crippen molar-refractivity contribution >= 4 is 17.2 Å². The van der Waals surface area contributed by atoms with Crippen molar-refractivity contribution in [3.8, 4) is 0 Å². The number of aliphatic hydroxyl groups excluding tert-OH is 2. The normalized spacial score (nSPS) is 11.3. The van der Waals surface area contributed by atoms with Crippen LogP contribution in [0.2, 0.25) is 0 Å². The van der Waals surface area contributed by atoms with E-state index in [9.17, 15) is 15.0 Å². The molecule has 5 heteroatoms. The SMILES string of the molecule is CCC(CO)(CO)Nc1ccc(C(C)=O)c(N)c1. The number of aliphatic hydroxyl groups is 2. The number of hydrogen-bond acceptors (Lipinski definition) is 5. The molecule has 0 saturated carbocycles. The molecule has 0 spiro atoms. The number of benzene rings is 1. The van der Waals surface area contributed by atoms with Crippen LogP contribution in [0.5, 0.6) is 0 Å². The van der Waals surface area contributed by atoms with Crippen molar-refractivity contribution in [2.45, 2.75) is 25.8 Å². The highest BCUT2D eigenvalue weighted by molar-refractivity contribution is 5.99. The average molecular weight is 252 g/mol. The Morgan fingerprint density at radius 2 is 2.00 bits per heavy atom. The number of nitrogens with two attached hydrogens (primary N) is 1. The summed E-state index contributed by atoms with van der Waals surface area (Å²) in [5, 5.41) is 21.7. The zero-order chi connectivity index (χ0) is 13.8. The number of carbonyl (C=O) groups excluding carboxylic acids is 1. The standard InChI is InChI=1S/C13H20N2O3/c1-3-13(7-16,8-17)15-10-4-5-11(9(2)18)12(14)6-10/h4-6,15-17H,3,7-8,14H2,1-2H3. The highest BCUT2D eigenvalue weighted by Gasteiger charge is 2.26. The maximum Gasteiger partial charge on any atom is 0.161 e. The van der Waals surface area contributed by atoms with Crippen molar-refractivity contribution in [1.82, 2.24) is 0 Å². The summed E-state index contributed by atoms with van der Waals surface area (Å²) in [6.07, 6.45) is 0.564. The highest BCUT2D eigenvalue weighted by Crippen LogP contribution is 2.23. The maximum atomic E-state index is 11.3. The fourth-order valence-corrected chi connectivity index (χ4v) is 1.71. The monoisotopic (exact) mass is 252 g/mol. The number of Topliss-reactive ketones (excluding diaryl/α,β-unsaturated/α-hetero) is 1. The van der Waals surface area contributed by atoms with Gasteiger partial charge in [0, 0.05) is 16.9 Å². The Balaban J connectivity index is 2.98. The molecule has 0 fully saturated rings. The second-order valence-electron chi connectivity index (χ2n) is 4.43. The van der Waals surface area contributed by atoms with Crippen LogP contribution in [0.4, 0.5) is 11.4 Å². The largest absolute Gasteiger partial charge is 0.398 e. The van der Waals surface area contributed by atoms with Crippen LogP contribution in [0.3, 0.4) is 0 Å². The summed E-state index contributed by atoms with van der Waals surface area (Å²) in [7, 11) is 0. The first-order valence-corrected chi connectivity index (χ1v) is 5.88. The summed E-state index contributed by atoms with van der Waals surface area (Å²) in [6, 6.07) is 4.98. The molecule has 0 aliphatic carbocycles. The molecule has 0 aliphatic rings. The van der Waals surface area contributed by atoms with Gasteiger partial charge in [-0.1, -0.05) is 6.92 Å². The minimum absolute atomic E-state index is 0.0925. The molecular weight excluding hydrogens is 232 g/mol. The molecule has 1 aromatic rings. The lowest BCUT2D eigenvalue weighted by Crippen LogP contribution is -2.45. The molecule has 18 heavy (non-hydrogen) atoms. The molecule has 1 rings (SSSR count). The smallest absolute Gasteiger partial charge is 0.161 e. The summed E-state index contributed by atoms with van der Waals surface area (Å²) in [5.74, 6) is -0.0925. The number of rotatable bonds is 6. The van der Waals surface area contributed by atoms with Gasteiger partial charge in [-0.15, -0.1) is 0 Å². The molecule has 0 saturated heterocycles. The van der Waals surface area contributed by atoms with Gasteiger partial charge < -0.3 is 21.3 Å². The van der Waals surface area contributed by atoms with Gasteiger partial charge in [-0.2, -0.15) is 0 Å². The molecule has 0 aliphatic heterocycles. The zero-order valence-electron chi connectivity index (χ0n) is 10.7. The van der Waals surface area contributed by atoms with E-state index < -0.39 is 5.54 Å². The second kappa shape index (κ2) is 5.84. The van der Waals surface area contributed by atoms with Gasteiger partial charge >= 0.3 is 0 Å². The number of nitrogens with one attached hydrogen (secondary N) is 1. The molecular formula is C13H20N2O3. The highest BCUT2D eigenvalue weighted by atomic mass is 16.3. The minimum atomic E-state index is -0.774. The van der Waals surface area contributed by atoms with Gasteiger partial charge in [0.15, 0.2) is 5.78 Å². The van der Waals surface area contributed by atoms with E-state index >= 15 is 0 Å². The Hall–Kier alpha value is -1.59. The lowest BCUT2D eigenvalue weighted by Gasteiger charge is -2.31. The van der Waals surface area contributed by atoms with Crippen molar-refractivity contribution < 1.29 is 15.0 Å². The first-order chi connectivity index (χ1) is 8.48. The van der Waals surface area contributed by atoms with Crippen molar-refractivity contribution in [3.63, 3.8) is 0 Å². The van der Waals surface area contributed by atoms with Crippen LogP contribution >= 0.6 is 0 Å². The van der Waals surface area contributed by atoms with E-state index in [0.29, 0.717) is 23.4 Å². The zero-order valence-corrected chi connectivity index (χ0v) is 10.7. The fraction of sp³-hybridized carbons (Fsp3) is 0.462. The summed E-state index contributed by atoms with van der Waals surface area (Å²) in [4.78, 5) is 11.3. The van der Waals surface area contributed by atoms with Crippen LogP contribution in [-0.4, -0.2) is 34.7 Å². The summed E-state index contributed by atoms with van der Waals surface area (Å²) in [5.41, 5.74) is 6.53. The first-order valence-electron chi connectivity index (χ1n) is 5.88. The Morgan fingerprint density at radius 1 is 1.39 bits per heavy atom. The number of ketones is 1. The summed E-state index contributed by atoms with van der Waals surface area (Å²) in [6.45, 7) is 2.95. The third-order valence-corrected chi connectivity index (χ3v) is 3.12. The van der Waals surface area contributed by atoms with E-state index in [1.807, 2.05) is 6.92 Å². The molecule has 0 aromatic heterocycles. The van der Waals surface area contributed by atoms with Crippen molar-refractivity contribution in [1.29, 1.82) is 0 Å². The van der Waals surface area contributed by atoms with Crippen molar-refractivity contribution in [3.05, 3.63) is 23.8 Å². The first kappa shape index (κ1) is 14.5. The minimum Gasteiger partial charge on any atom is -0.398 e. The van der Waals surface area contributed by atoms with E-state index in [2.05, 4.69) is 5.32 Å². The van der Waals surface area contributed by atoms with E-state index in [4.69, 9.17) is 5.73 Å². The van der Waals surface area contributed by atoms with Crippen LogP contribution < -0.4 is 11.1 Å². The van der Waals surface area contributed by atoms with E-state index in [1.54, 1.807) is 18.2 Å². The molecule has 100 valence electrons. The van der Waals surface area contributed by atoms with Crippen LogP contribution in [0.1, 0.15) is 30.6 Å². The van der Waals surface area contributed by atoms with Crippen LogP contribution in [0, 0.1) is 0 Å².